The Bertz CT molecular complexity index is 616. The molecule has 3 rings (SSSR count). The summed E-state index contributed by atoms with van der Waals surface area (Å²) in [5.74, 6) is 0.435. The summed E-state index contributed by atoms with van der Waals surface area (Å²) in [5.41, 5.74) is 1.98. The Hall–Kier alpha value is -1.88. The largest absolute Gasteiger partial charge is 0.349 e. The van der Waals surface area contributed by atoms with Gasteiger partial charge >= 0.3 is 0 Å². The minimum absolute atomic E-state index is 0.00916. The fraction of sp³-hybridized carbons (Fsp3) is 0.556. The number of nitrogens with zero attached hydrogens (tertiary/aromatic N) is 1. The maximum absolute atomic E-state index is 12.7. The Morgan fingerprint density at radius 1 is 1.39 bits per heavy atom. The zero-order valence-corrected chi connectivity index (χ0v) is 13.9. The number of nitrogens with one attached hydrogen (secondary N) is 2. The number of aryl methyl sites for hydroxylation is 1. The van der Waals surface area contributed by atoms with Crippen LogP contribution in [0.4, 0.5) is 0 Å². The number of piperidine rings is 1. The first-order valence-corrected chi connectivity index (χ1v) is 8.32. The van der Waals surface area contributed by atoms with E-state index in [1.165, 1.54) is 0 Å². The second-order valence-electron chi connectivity index (χ2n) is 6.87. The molecule has 5 heteroatoms. The molecule has 5 nitrogen and oxygen atoms in total. The molecule has 1 aromatic carbocycles. The molecule has 0 radical (unpaired) electrons. The zero-order chi connectivity index (χ0) is 16.4. The van der Waals surface area contributed by atoms with Gasteiger partial charge in [0.1, 0.15) is 0 Å². The van der Waals surface area contributed by atoms with Crippen molar-refractivity contribution in [2.45, 2.75) is 32.2 Å². The van der Waals surface area contributed by atoms with Crippen molar-refractivity contribution in [1.82, 2.24) is 15.5 Å². The predicted octanol–water partition coefficient (Wildman–Crippen LogP) is 0.864. The highest BCUT2D eigenvalue weighted by Crippen LogP contribution is 2.33. The summed E-state index contributed by atoms with van der Waals surface area (Å²) in [6, 6.07) is 8.02. The lowest BCUT2D eigenvalue weighted by atomic mass is 9.81. The molecule has 2 atom stereocenters. The third-order valence-electron chi connectivity index (χ3n) is 5.21. The zero-order valence-electron chi connectivity index (χ0n) is 13.9. The van der Waals surface area contributed by atoms with Crippen LogP contribution in [0.5, 0.6) is 0 Å². The summed E-state index contributed by atoms with van der Waals surface area (Å²) in [5, 5.41) is 6.53. The third kappa shape index (κ3) is 3.24. The van der Waals surface area contributed by atoms with E-state index < -0.39 is 0 Å². The van der Waals surface area contributed by atoms with Gasteiger partial charge in [0.15, 0.2) is 0 Å². The van der Waals surface area contributed by atoms with Crippen LogP contribution in [-0.2, 0) is 16.0 Å². The summed E-state index contributed by atoms with van der Waals surface area (Å²) in [6.45, 7) is 6.69. The van der Waals surface area contributed by atoms with E-state index in [4.69, 9.17) is 0 Å². The van der Waals surface area contributed by atoms with Crippen LogP contribution < -0.4 is 10.6 Å². The first-order valence-electron chi connectivity index (χ1n) is 8.32. The van der Waals surface area contributed by atoms with E-state index >= 15 is 0 Å². The number of hydrogen-bond acceptors (Lipinski definition) is 3. The molecule has 2 N–H and O–H groups in total. The van der Waals surface area contributed by atoms with Gasteiger partial charge in [0.2, 0.25) is 11.8 Å². The maximum Gasteiger partial charge on any atom is 0.227 e. The number of fused-ring (bicyclic) bond motifs is 1. The molecule has 2 amide bonds. The molecule has 0 saturated carbocycles. The summed E-state index contributed by atoms with van der Waals surface area (Å²) in [7, 11) is 0. The van der Waals surface area contributed by atoms with E-state index in [9.17, 15) is 9.59 Å². The SMILES string of the molecule is CC(=O)N[C@@]12CCNC[C@@H]1CN(C(=O)Cc1ccccc1C)C2. The molecule has 2 aliphatic rings. The summed E-state index contributed by atoms with van der Waals surface area (Å²) in [6.07, 6.45) is 1.31. The normalized spacial score (nSPS) is 26.7. The number of carbonyl (C=O) groups excluding carboxylic acids is 2. The molecule has 23 heavy (non-hydrogen) atoms. The predicted molar refractivity (Wildman–Crippen MR) is 89.0 cm³/mol. The average Bonchev–Trinajstić information content (AvgIpc) is 2.88. The standard InChI is InChI=1S/C18H25N3O2/c1-13-5-3-4-6-15(13)9-17(23)21-11-16-10-19-8-7-18(16,12-21)20-14(2)22/h3-6,16,19H,7-12H2,1-2H3,(H,20,22)/t16-,18-/m1/s1. The summed E-state index contributed by atoms with van der Waals surface area (Å²) < 4.78 is 0. The van der Waals surface area contributed by atoms with Crippen LogP contribution in [0.3, 0.4) is 0 Å². The van der Waals surface area contributed by atoms with Crippen LogP contribution in [0.25, 0.3) is 0 Å². The maximum atomic E-state index is 12.7. The van der Waals surface area contributed by atoms with E-state index in [0.717, 1.165) is 37.2 Å². The van der Waals surface area contributed by atoms with Crippen molar-refractivity contribution < 1.29 is 9.59 Å². The number of rotatable bonds is 3. The molecular weight excluding hydrogens is 290 g/mol. The van der Waals surface area contributed by atoms with Crippen LogP contribution in [0, 0.1) is 12.8 Å². The van der Waals surface area contributed by atoms with Crippen molar-refractivity contribution in [3.63, 3.8) is 0 Å². The number of amides is 2. The molecule has 2 heterocycles. The fourth-order valence-corrected chi connectivity index (χ4v) is 3.93. The highest BCUT2D eigenvalue weighted by atomic mass is 16.2. The van der Waals surface area contributed by atoms with Crippen LogP contribution in [-0.4, -0.2) is 48.4 Å². The van der Waals surface area contributed by atoms with Gasteiger partial charge in [-0.15, -0.1) is 0 Å². The topological polar surface area (TPSA) is 61.4 Å². The van der Waals surface area contributed by atoms with Crippen molar-refractivity contribution in [3.8, 4) is 0 Å². The Balaban J connectivity index is 1.73. The van der Waals surface area contributed by atoms with Crippen LogP contribution in [0.1, 0.15) is 24.5 Å². The minimum atomic E-state index is -0.252. The van der Waals surface area contributed by atoms with Crippen molar-refractivity contribution in [1.29, 1.82) is 0 Å². The van der Waals surface area contributed by atoms with Gasteiger partial charge in [-0.25, -0.2) is 0 Å². The molecule has 0 spiro atoms. The lowest BCUT2D eigenvalue weighted by Gasteiger charge is -2.39. The molecule has 0 unspecified atom stereocenters. The smallest absolute Gasteiger partial charge is 0.227 e. The molecule has 2 saturated heterocycles. The lowest BCUT2D eigenvalue weighted by molar-refractivity contribution is -0.130. The number of benzene rings is 1. The fourth-order valence-electron chi connectivity index (χ4n) is 3.93. The summed E-state index contributed by atoms with van der Waals surface area (Å²) in [4.78, 5) is 26.3. The van der Waals surface area contributed by atoms with E-state index in [2.05, 4.69) is 10.6 Å². The first-order chi connectivity index (χ1) is 11.0. The monoisotopic (exact) mass is 315 g/mol. The van der Waals surface area contributed by atoms with Gasteiger partial charge in [-0.1, -0.05) is 24.3 Å². The van der Waals surface area contributed by atoms with Crippen LogP contribution >= 0.6 is 0 Å². The van der Waals surface area contributed by atoms with Gasteiger partial charge in [-0.2, -0.15) is 0 Å². The van der Waals surface area contributed by atoms with Gasteiger partial charge in [0.05, 0.1) is 12.0 Å². The van der Waals surface area contributed by atoms with Gasteiger partial charge in [-0.3, -0.25) is 9.59 Å². The number of carbonyl (C=O) groups is 2. The van der Waals surface area contributed by atoms with Crippen LogP contribution in [0.2, 0.25) is 0 Å². The molecule has 1 aromatic rings. The number of hydrogen-bond donors (Lipinski definition) is 2. The average molecular weight is 315 g/mol. The second kappa shape index (κ2) is 6.32. The lowest BCUT2D eigenvalue weighted by Crippen LogP contribution is -2.60. The molecule has 0 aromatic heterocycles. The first kappa shape index (κ1) is 16.0. The van der Waals surface area contributed by atoms with E-state index in [-0.39, 0.29) is 17.4 Å². The number of likely N-dealkylation sites (tertiary alicyclic amines) is 1. The van der Waals surface area contributed by atoms with Crippen molar-refractivity contribution in [3.05, 3.63) is 35.4 Å². The molecule has 124 valence electrons. The molecular formula is C18H25N3O2. The summed E-state index contributed by atoms with van der Waals surface area (Å²) >= 11 is 0. The van der Waals surface area contributed by atoms with Crippen LogP contribution in [0.15, 0.2) is 24.3 Å². The Morgan fingerprint density at radius 3 is 2.91 bits per heavy atom. The van der Waals surface area contributed by atoms with Gasteiger partial charge in [0.25, 0.3) is 0 Å². The quantitative estimate of drug-likeness (QED) is 0.870. The van der Waals surface area contributed by atoms with Crippen molar-refractivity contribution in [2.75, 3.05) is 26.2 Å². The molecule has 2 aliphatic heterocycles. The highest BCUT2D eigenvalue weighted by molar-refractivity contribution is 5.80. The van der Waals surface area contributed by atoms with E-state index in [0.29, 0.717) is 18.9 Å². The van der Waals surface area contributed by atoms with Gasteiger partial charge < -0.3 is 15.5 Å². The van der Waals surface area contributed by atoms with E-state index in [1.54, 1.807) is 6.92 Å². The molecule has 2 fully saturated rings. The Morgan fingerprint density at radius 2 is 2.17 bits per heavy atom. The second-order valence-corrected chi connectivity index (χ2v) is 6.87. The van der Waals surface area contributed by atoms with Gasteiger partial charge in [-0.05, 0) is 31.0 Å². The molecule has 0 bridgehead atoms. The van der Waals surface area contributed by atoms with Gasteiger partial charge in [0, 0.05) is 32.5 Å². The molecule has 0 aliphatic carbocycles. The van der Waals surface area contributed by atoms with Crippen molar-refractivity contribution >= 4 is 11.8 Å². The minimum Gasteiger partial charge on any atom is -0.349 e. The Kier molecular flexibility index (Phi) is 4.39. The third-order valence-corrected chi connectivity index (χ3v) is 5.21. The highest BCUT2D eigenvalue weighted by Gasteiger charge is 2.49. The van der Waals surface area contributed by atoms with E-state index in [1.807, 2.05) is 36.1 Å². The van der Waals surface area contributed by atoms with Crippen molar-refractivity contribution in [2.24, 2.45) is 5.92 Å². The Labute approximate surface area is 137 Å².